The van der Waals surface area contributed by atoms with Crippen LogP contribution in [0.1, 0.15) is 18.4 Å². The summed E-state index contributed by atoms with van der Waals surface area (Å²) in [5.74, 6) is -0.498. The molecule has 1 rings (SSSR count). The van der Waals surface area contributed by atoms with E-state index in [2.05, 4.69) is 10.3 Å². The Kier molecular flexibility index (Phi) is 3.46. The molecule has 0 saturated heterocycles. The monoisotopic (exact) mass is 179 g/mol. The Morgan fingerprint density at radius 2 is 2.00 bits per heavy atom. The van der Waals surface area contributed by atoms with Gasteiger partial charge in [-0.2, -0.15) is 5.48 Å². The van der Waals surface area contributed by atoms with Crippen molar-refractivity contribution in [3.63, 3.8) is 0 Å². The molecule has 0 aliphatic rings. The summed E-state index contributed by atoms with van der Waals surface area (Å²) < 4.78 is 0. The van der Waals surface area contributed by atoms with Crippen molar-refractivity contribution in [3.8, 4) is 0 Å². The van der Waals surface area contributed by atoms with Gasteiger partial charge in [0.2, 0.25) is 0 Å². The number of nitrogens with one attached hydrogen (secondary N) is 1. The van der Waals surface area contributed by atoms with Crippen LogP contribution in [0.25, 0.3) is 0 Å². The van der Waals surface area contributed by atoms with E-state index in [0.717, 1.165) is 5.56 Å². The fourth-order valence-corrected chi connectivity index (χ4v) is 1.07. The van der Waals surface area contributed by atoms with Crippen molar-refractivity contribution >= 4 is 5.97 Å². The zero-order valence-electron chi connectivity index (χ0n) is 7.78. The van der Waals surface area contributed by atoms with E-state index in [9.17, 15) is 4.79 Å². The molecule has 0 amide bonds. The first kappa shape index (κ1) is 9.74. The van der Waals surface area contributed by atoms with Gasteiger partial charge in [-0.3, -0.25) is 0 Å². The van der Waals surface area contributed by atoms with E-state index in [0.29, 0.717) is 0 Å². The Hall–Kier alpha value is -1.35. The number of benzene rings is 1. The zero-order chi connectivity index (χ0) is 9.68. The highest BCUT2D eigenvalue weighted by Crippen LogP contribution is 2.15. The van der Waals surface area contributed by atoms with Gasteiger partial charge in [-0.05, 0) is 12.5 Å². The van der Waals surface area contributed by atoms with Crippen molar-refractivity contribution < 1.29 is 9.63 Å². The van der Waals surface area contributed by atoms with Gasteiger partial charge in [0.05, 0.1) is 5.92 Å². The zero-order valence-corrected chi connectivity index (χ0v) is 7.78. The maximum Gasteiger partial charge on any atom is 0.331 e. The second kappa shape index (κ2) is 4.62. The smallest absolute Gasteiger partial charge is 0.331 e. The Morgan fingerprint density at radius 3 is 2.54 bits per heavy atom. The molecule has 1 atom stereocenters. The number of hydrogen-bond donors (Lipinski definition) is 1. The maximum atomic E-state index is 11.3. The quantitative estimate of drug-likeness (QED) is 0.714. The van der Waals surface area contributed by atoms with E-state index in [-0.39, 0.29) is 11.9 Å². The van der Waals surface area contributed by atoms with E-state index < -0.39 is 0 Å². The highest BCUT2D eigenvalue weighted by Gasteiger charge is 2.15. The van der Waals surface area contributed by atoms with Gasteiger partial charge >= 0.3 is 5.97 Å². The van der Waals surface area contributed by atoms with E-state index in [1.54, 1.807) is 7.05 Å². The first-order chi connectivity index (χ1) is 6.25. The first-order valence-electron chi connectivity index (χ1n) is 4.18. The lowest BCUT2D eigenvalue weighted by molar-refractivity contribution is -0.151. The predicted octanol–water partition coefficient (Wildman–Crippen LogP) is 1.47. The third-order valence-electron chi connectivity index (χ3n) is 1.86. The molecule has 0 aromatic heterocycles. The summed E-state index contributed by atoms with van der Waals surface area (Å²) in [5, 5.41) is 0. The van der Waals surface area contributed by atoms with E-state index in [1.807, 2.05) is 37.3 Å². The number of hydrogen-bond acceptors (Lipinski definition) is 3. The average molecular weight is 179 g/mol. The molecule has 0 fully saturated rings. The van der Waals surface area contributed by atoms with Crippen molar-refractivity contribution in [2.45, 2.75) is 12.8 Å². The van der Waals surface area contributed by atoms with Crippen LogP contribution < -0.4 is 5.48 Å². The van der Waals surface area contributed by atoms with Crippen molar-refractivity contribution in [2.24, 2.45) is 0 Å². The fourth-order valence-electron chi connectivity index (χ4n) is 1.07. The first-order valence-corrected chi connectivity index (χ1v) is 4.18. The molecule has 0 saturated carbocycles. The highest BCUT2D eigenvalue weighted by molar-refractivity contribution is 5.77. The molecule has 1 unspecified atom stereocenters. The Morgan fingerprint density at radius 1 is 1.38 bits per heavy atom. The summed E-state index contributed by atoms with van der Waals surface area (Å²) in [7, 11) is 1.57. The number of carbonyl (C=O) groups is 1. The Balaban J connectivity index is 2.68. The van der Waals surface area contributed by atoms with Crippen LogP contribution in [0.3, 0.4) is 0 Å². The second-order valence-electron chi connectivity index (χ2n) is 2.76. The van der Waals surface area contributed by atoms with Gasteiger partial charge in [0.1, 0.15) is 0 Å². The number of carbonyl (C=O) groups excluding carboxylic acids is 1. The standard InChI is InChI=1S/C10H13NO2/c1-8(10(12)13-11-2)9-6-4-3-5-7-9/h3-8,11H,1-2H3. The molecule has 13 heavy (non-hydrogen) atoms. The SMILES string of the molecule is CNOC(=O)C(C)c1ccccc1. The Labute approximate surface area is 77.7 Å². The van der Waals surface area contributed by atoms with E-state index >= 15 is 0 Å². The van der Waals surface area contributed by atoms with Crippen LogP contribution in [-0.2, 0) is 9.63 Å². The lowest BCUT2D eigenvalue weighted by atomic mass is 10.0. The second-order valence-corrected chi connectivity index (χ2v) is 2.76. The van der Waals surface area contributed by atoms with Crippen LogP contribution in [0, 0.1) is 0 Å². The minimum Gasteiger partial charge on any atom is -0.370 e. The maximum absolute atomic E-state index is 11.3. The summed E-state index contributed by atoms with van der Waals surface area (Å²) in [5.41, 5.74) is 3.33. The summed E-state index contributed by atoms with van der Waals surface area (Å²) in [6.07, 6.45) is 0. The Bertz CT molecular complexity index is 272. The van der Waals surface area contributed by atoms with Crippen LogP contribution >= 0.6 is 0 Å². The number of rotatable bonds is 3. The lowest BCUT2D eigenvalue weighted by Crippen LogP contribution is -2.20. The fraction of sp³-hybridized carbons (Fsp3) is 0.300. The minimum atomic E-state index is -0.270. The molecule has 0 radical (unpaired) electrons. The van der Waals surface area contributed by atoms with Gasteiger partial charge in [0.15, 0.2) is 0 Å². The summed E-state index contributed by atoms with van der Waals surface area (Å²) >= 11 is 0. The van der Waals surface area contributed by atoms with Crippen LogP contribution in [0.2, 0.25) is 0 Å². The molecule has 1 N–H and O–H groups in total. The van der Waals surface area contributed by atoms with Gasteiger partial charge < -0.3 is 4.84 Å². The van der Waals surface area contributed by atoms with Gasteiger partial charge in [-0.1, -0.05) is 30.3 Å². The molecular formula is C10H13NO2. The van der Waals surface area contributed by atoms with Gasteiger partial charge in [0, 0.05) is 7.05 Å². The third-order valence-corrected chi connectivity index (χ3v) is 1.86. The molecular weight excluding hydrogens is 166 g/mol. The molecule has 3 heteroatoms. The van der Waals surface area contributed by atoms with Crippen LogP contribution in [-0.4, -0.2) is 13.0 Å². The summed E-state index contributed by atoms with van der Waals surface area (Å²) in [6, 6.07) is 9.53. The van der Waals surface area contributed by atoms with E-state index in [4.69, 9.17) is 0 Å². The molecule has 1 aromatic carbocycles. The molecule has 0 heterocycles. The summed E-state index contributed by atoms with van der Waals surface area (Å²) in [4.78, 5) is 15.9. The molecule has 0 spiro atoms. The van der Waals surface area contributed by atoms with Crippen molar-refractivity contribution in [3.05, 3.63) is 35.9 Å². The van der Waals surface area contributed by atoms with Gasteiger partial charge in [-0.15, -0.1) is 0 Å². The molecule has 70 valence electrons. The van der Waals surface area contributed by atoms with Crippen LogP contribution in [0.15, 0.2) is 30.3 Å². The van der Waals surface area contributed by atoms with E-state index in [1.165, 1.54) is 0 Å². The van der Waals surface area contributed by atoms with Gasteiger partial charge in [-0.25, -0.2) is 4.79 Å². The topological polar surface area (TPSA) is 38.3 Å². The van der Waals surface area contributed by atoms with Crippen molar-refractivity contribution in [2.75, 3.05) is 7.05 Å². The molecule has 0 aliphatic carbocycles. The minimum absolute atomic E-state index is 0.228. The normalized spacial score (nSPS) is 12.2. The molecule has 1 aromatic rings. The van der Waals surface area contributed by atoms with Crippen molar-refractivity contribution in [1.82, 2.24) is 5.48 Å². The molecule has 0 bridgehead atoms. The average Bonchev–Trinajstić information content (AvgIpc) is 2.18. The lowest BCUT2D eigenvalue weighted by Gasteiger charge is -2.09. The van der Waals surface area contributed by atoms with Crippen LogP contribution in [0.5, 0.6) is 0 Å². The number of hydroxylamine groups is 1. The van der Waals surface area contributed by atoms with Gasteiger partial charge in [0.25, 0.3) is 0 Å². The third kappa shape index (κ3) is 2.56. The molecule has 0 aliphatic heterocycles. The highest BCUT2D eigenvalue weighted by atomic mass is 16.7. The van der Waals surface area contributed by atoms with Crippen molar-refractivity contribution in [1.29, 1.82) is 0 Å². The largest absolute Gasteiger partial charge is 0.370 e. The predicted molar refractivity (Wildman–Crippen MR) is 50.0 cm³/mol. The summed E-state index contributed by atoms with van der Waals surface area (Å²) in [6.45, 7) is 1.81. The van der Waals surface area contributed by atoms with Crippen LogP contribution in [0.4, 0.5) is 0 Å². The molecule has 3 nitrogen and oxygen atoms in total.